The molecule has 0 spiro atoms. The van der Waals surface area contributed by atoms with Gasteiger partial charge in [-0.15, -0.1) is 11.1 Å². The minimum absolute atomic E-state index is 0.557. The molecule has 0 aromatic heterocycles. The maximum atomic E-state index is 6.19. The lowest BCUT2D eigenvalue weighted by molar-refractivity contribution is 0.304. The summed E-state index contributed by atoms with van der Waals surface area (Å²) in [6.45, 7) is 29.7. The van der Waals surface area contributed by atoms with E-state index in [0.717, 1.165) is 35.7 Å². The lowest BCUT2D eigenvalue weighted by atomic mass is 9.90. The van der Waals surface area contributed by atoms with Gasteiger partial charge >= 0.3 is 0 Å². The van der Waals surface area contributed by atoms with E-state index in [1.54, 1.807) is 0 Å². The molecule has 61 heavy (non-hydrogen) atoms. The van der Waals surface area contributed by atoms with Gasteiger partial charge < -0.3 is 4.74 Å². The van der Waals surface area contributed by atoms with Crippen LogP contribution in [0.25, 0.3) is 43.4 Å². The molecule has 0 saturated heterocycles. The number of fused-ring (bicyclic) bond motifs is 3. The van der Waals surface area contributed by atoms with E-state index in [4.69, 9.17) is 4.74 Å². The van der Waals surface area contributed by atoms with E-state index >= 15 is 0 Å². The van der Waals surface area contributed by atoms with Gasteiger partial charge in [0.25, 0.3) is 0 Å². The van der Waals surface area contributed by atoms with Crippen LogP contribution < -0.4 is 4.74 Å². The molecule has 326 valence electrons. The second kappa shape index (κ2) is 22.3. The number of hydrogen-bond acceptors (Lipinski definition) is 2. The average molecular weight is 867 g/mol. The van der Waals surface area contributed by atoms with Crippen molar-refractivity contribution in [2.75, 3.05) is 12.4 Å². The van der Waals surface area contributed by atoms with Gasteiger partial charge in [0.1, 0.15) is 21.9 Å². The molecule has 0 radical (unpaired) electrons. The first-order chi connectivity index (χ1) is 29.2. The Hall–Kier alpha value is -3.42. The lowest BCUT2D eigenvalue weighted by Gasteiger charge is -2.38. The smallest absolute Gasteiger partial charge is 0.146 e. The molecule has 0 atom stereocenters. The van der Waals surface area contributed by atoms with Crippen molar-refractivity contribution in [3.8, 4) is 39.8 Å². The van der Waals surface area contributed by atoms with Gasteiger partial charge in [0.15, 0.2) is 0 Å². The average Bonchev–Trinajstić information content (AvgIpc) is 3.22. The normalized spacial score (nSPS) is 12.4. The van der Waals surface area contributed by atoms with Crippen LogP contribution in [0.2, 0.25) is 33.2 Å². The quantitative estimate of drug-likeness (QED) is 0.0286. The zero-order valence-electron chi connectivity index (χ0n) is 40.1. The minimum Gasteiger partial charge on any atom is -0.494 e. The summed E-state index contributed by atoms with van der Waals surface area (Å²) in [4.78, 5) is 0. The maximum Gasteiger partial charge on any atom is 0.146 e. The summed E-state index contributed by atoms with van der Waals surface area (Å²) < 4.78 is 6.19. The Morgan fingerprint density at radius 3 is 1.30 bits per heavy atom. The van der Waals surface area contributed by atoms with E-state index in [1.807, 2.05) is 0 Å². The summed E-state index contributed by atoms with van der Waals surface area (Å²) in [5.74, 6) is 9.93. The summed E-state index contributed by atoms with van der Waals surface area (Å²) in [6, 6.07) is 29.5. The number of benzene rings is 5. The summed E-state index contributed by atoms with van der Waals surface area (Å²) in [5, 5.41) is 7.35. The summed E-state index contributed by atoms with van der Waals surface area (Å²) in [7, 11) is -4.00. The van der Waals surface area contributed by atoms with Crippen LogP contribution in [0, 0.1) is 22.9 Å². The van der Waals surface area contributed by atoms with Gasteiger partial charge in [-0.1, -0.05) is 188 Å². The fourth-order valence-corrected chi connectivity index (χ4v) is 21.6. The zero-order valence-corrected chi connectivity index (χ0v) is 43.0. The van der Waals surface area contributed by atoms with Crippen molar-refractivity contribution in [1.82, 2.24) is 0 Å². The van der Waals surface area contributed by atoms with Crippen LogP contribution in [0.15, 0.2) is 78.9 Å². The molecule has 0 aliphatic rings. The second-order valence-corrected chi connectivity index (χ2v) is 31.4. The molecule has 0 N–H and O–H groups in total. The van der Waals surface area contributed by atoms with Crippen molar-refractivity contribution in [2.24, 2.45) is 0 Å². The molecule has 5 rings (SSSR count). The molecular formula is C57H78OSSi2. The highest BCUT2D eigenvalue weighted by molar-refractivity contribution is 7.80. The van der Waals surface area contributed by atoms with Crippen molar-refractivity contribution in [3.63, 3.8) is 0 Å². The zero-order chi connectivity index (χ0) is 44.3. The molecule has 0 amide bonds. The first kappa shape index (κ1) is 48.6. The first-order valence-electron chi connectivity index (χ1n) is 24.0. The molecule has 0 heterocycles. The van der Waals surface area contributed by atoms with Crippen LogP contribution in [-0.2, 0) is 0 Å². The maximum absolute atomic E-state index is 6.19. The first-order valence-corrected chi connectivity index (χ1v) is 29.1. The Balaban J connectivity index is 1.57. The number of unbranched alkanes of at least 4 members (excludes halogenated alkanes) is 8. The van der Waals surface area contributed by atoms with Crippen molar-refractivity contribution >= 4 is 61.1 Å². The van der Waals surface area contributed by atoms with Crippen LogP contribution >= 0.6 is 12.6 Å². The van der Waals surface area contributed by atoms with E-state index in [9.17, 15) is 0 Å². The fourth-order valence-electron chi connectivity index (χ4n) is 11.0. The molecule has 0 aliphatic heterocycles. The predicted octanol–water partition coefficient (Wildman–Crippen LogP) is 17.8. The molecule has 5 aromatic rings. The third-order valence-corrected chi connectivity index (χ3v) is 27.2. The highest BCUT2D eigenvalue weighted by atomic mass is 32.1. The van der Waals surface area contributed by atoms with Crippen LogP contribution in [0.4, 0.5) is 0 Å². The van der Waals surface area contributed by atoms with Crippen LogP contribution in [-0.4, -0.2) is 28.5 Å². The summed E-state index contributed by atoms with van der Waals surface area (Å²) >= 11 is 4.32. The number of thiol groups is 1. The Morgan fingerprint density at radius 2 is 0.852 bits per heavy atom. The molecule has 5 aromatic carbocycles. The van der Waals surface area contributed by atoms with Crippen LogP contribution in [0.5, 0.6) is 5.75 Å². The van der Waals surface area contributed by atoms with Crippen molar-refractivity contribution in [1.29, 1.82) is 0 Å². The molecule has 0 aliphatic carbocycles. The molecule has 0 fully saturated rings. The van der Waals surface area contributed by atoms with Gasteiger partial charge in [-0.05, 0) is 126 Å². The SMILES string of the molecule is CC(C)[Si](C#Cc1c2ccccc2c(C#C[Si](C(C)C)(C(C)C)C(C)C)c2cc3cc(-c4ccc(OCCCCCCCCCCCS)cc4)ccc3cc12)(C(C)C)C(C)C. The van der Waals surface area contributed by atoms with Crippen molar-refractivity contribution < 1.29 is 4.74 Å². The summed E-state index contributed by atoms with van der Waals surface area (Å²) in [6.07, 6.45) is 11.7. The van der Waals surface area contributed by atoms with E-state index in [1.165, 1.54) is 94.8 Å². The summed E-state index contributed by atoms with van der Waals surface area (Å²) in [5.41, 5.74) is 16.3. The molecule has 1 nitrogen and oxygen atoms in total. The number of hydrogen-bond donors (Lipinski definition) is 1. The van der Waals surface area contributed by atoms with E-state index in [2.05, 4.69) is 198 Å². The highest BCUT2D eigenvalue weighted by Gasteiger charge is 2.43. The Labute approximate surface area is 380 Å². The van der Waals surface area contributed by atoms with Crippen molar-refractivity contribution in [2.45, 2.75) is 174 Å². The van der Waals surface area contributed by atoms with Gasteiger partial charge in [-0.2, -0.15) is 12.6 Å². The van der Waals surface area contributed by atoms with Crippen LogP contribution in [0.1, 0.15) is 152 Å². The van der Waals surface area contributed by atoms with E-state index < -0.39 is 16.1 Å². The third kappa shape index (κ3) is 11.0. The predicted molar refractivity (Wildman–Crippen MR) is 281 cm³/mol. The third-order valence-electron chi connectivity index (χ3n) is 14.3. The van der Waals surface area contributed by atoms with Gasteiger partial charge in [-0.3, -0.25) is 0 Å². The van der Waals surface area contributed by atoms with Gasteiger partial charge in [-0.25, -0.2) is 0 Å². The standard InChI is InChI=1S/C57H78OSSi2/c1-41(2)60(42(3)4,43(5)6)36-32-54-52-24-20-21-25-53(52)55(33-37-61(44(7)8,45(9)10)46(11)12)57-40-50-38-48(26-27-49(50)39-56(54)57)47-28-30-51(31-29-47)58-34-22-18-16-14-13-15-17-19-23-35-59/h20-21,24-31,38-46,59H,13-19,22-23,34-35H2,1-12H3. The minimum atomic E-state index is -2.01. The number of ether oxygens (including phenoxy) is 1. The molecule has 0 bridgehead atoms. The molecular weight excluding hydrogens is 789 g/mol. The fraction of sp³-hybridized carbons (Fsp3) is 0.509. The van der Waals surface area contributed by atoms with E-state index in [-0.39, 0.29) is 0 Å². The highest BCUT2D eigenvalue weighted by Crippen LogP contribution is 2.43. The Kier molecular flexibility index (Phi) is 17.8. The largest absolute Gasteiger partial charge is 0.494 e. The van der Waals surface area contributed by atoms with E-state index in [0.29, 0.717) is 33.2 Å². The Morgan fingerprint density at radius 1 is 0.443 bits per heavy atom. The second-order valence-electron chi connectivity index (χ2n) is 19.8. The molecule has 4 heteroatoms. The van der Waals surface area contributed by atoms with Gasteiger partial charge in [0.2, 0.25) is 0 Å². The van der Waals surface area contributed by atoms with Gasteiger partial charge in [0, 0.05) is 11.1 Å². The Bertz CT molecular complexity index is 2280. The van der Waals surface area contributed by atoms with Crippen LogP contribution in [0.3, 0.4) is 0 Å². The molecule has 0 saturated carbocycles. The number of rotatable bonds is 19. The van der Waals surface area contributed by atoms with Gasteiger partial charge in [0.05, 0.1) is 6.61 Å². The monoisotopic (exact) mass is 867 g/mol. The topological polar surface area (TPSA) is 9.23 Å². The van der Waals surface area contributed by atoms with Crippen molar-refractivity contribution in [3.05, 3.63) is 90.0 Å². The lowest BCUT2D eigenvalue weighted by Crippen LogP contribution is -2.43. The molecule has 0 unspecified atom stereocenters.